The van der Waals surface area contributed by atoms with Gasteiger partial charge in [0.25, 0.3) is 0 Å². The number of hydrogen-bond donors (Lipinski definition) is 0. The van der Waals surface area contributed by atoms with Gasteiger partial charge in [0.05, 0.1) is 20.2 Å². The number of benzene rings is 2. The molecule has 0 radical (unpaired) electrons. The number of ether oxygens (including phenoxy) is 1. The van der Waals surface area contributed by atoms with Crippen molar-refractivity contribution in [2.45, 2.75) is 39.4 Å². The van der Waals surface area contributed by atoms with E-state index in [1.165, 1.54) is 5.19 Å². The van der Waals surface area contributed by atoms with Gasteiger partial charge in [-0.3, -0.25) is 9.59 Å². The van der Waals surface area contributed by atoms with E-state index in [0.29, 0.717) is 24.2 Å². The van der Waals surface area contributed by atoms with E-state index in [0.717, 1.165) is 34.4 Å². The van der Waals surface area contributed by atoms with Crippen LogP contribution in [0, 0.1) is 0 Å². The molecular formula is C21H22O3Si. The zero-order valence-electron chi connectivity index (χ0n) is 15.2. The summed E-state index contributed by atoms with van der Waals surface area (Å²) >= 11 is 0. The molecule has 0 saturated heterocycles. The maximum atomic E-state index is 13.3. The summed E-state index contributed by atoms with van der Waals surface area (Å²) < 4.78 is 5.95. The standard InChI is InChI=1S/C21H22O3Si/c1-5-15(22)17-16-12-8-6-7-9-13(12)19(23)18(16)21(25(2,3)4)14-10-11-24-20(14)17/h6-9H,5,10-11H2,1-4H3. The van der Waals surface area contributed by atoms with E-state index in [9.17, 15) is 9.59 Å². The molecule has 0 unspecified atom stereocenters. The first kappa shape index (κ1) is 16.3. The Bertz CT molecular complexity index is 935. The molecule has 0 bridgehead atoms. The van der Waals surface area contributed by atoms with Crippen molar-refractivity contribution in [3.63, 3.8) is 0 Å². The van der Waals surface area contributed by atoms with Crippen LogP contribution in [0.3, 0.4) is 0 Å². The third-order valence-corrected chi connectivity index (χ3v) is 7.22. The highest BCUT2D eigenvalue weighted by Gasteiger charge is 2.41. The molecule has 0 amide bonds. The van der Waals surface area contributed by atoms with Crippen LogP contribution in [0.5, 0.6) is 5.75 Å². The van der Waals surface area contributed by atoms with Gasteiger partial charge in [0.1, 0.15) is 5.75 Å². The van der Waals surface area contributed by atoms with Crippen molar-refractivity contribution < 1.29 is 14.3 Å². The van der Waals surface area contributed by atoms with Gasteiger partial charge >= 0.3 is 0 Å². The van der Waals surface area contributed by atoms with Gasteiger partial charge in [-0.05, 0) is 16.3 Å². The monoisotopic (exact) mass is 350 g/mol. The average Bonchev–Trinajstić information content (AvgIpc) is 3.15. The largest absolute Gasteiger partial charge is 0.492 e. The second-order valence-corrected chi connectivity index (χ2v) is 12.8. The van der Waals surface area contributed by atoms with E-state index in [1.807, 2.05) is 31.2 Å². The summed E-state index contributed by atoms with van der Waals surface area (Å²) in [6.45, 7) is 9.25. The lowest BCUT2D eigenvalue weighted by Crippen LogP contribution is -2.43. The molecule has 1 heterocycles. The molecule has 1 aliphatic carbocycles. The number of hydrogen-bond acceptors (Lipinski definition) is 3. The fourth-order valence-electron chi connectivity index (χ4n) is 4.23. The third-order valence-electron chi connectivity index (χ3n) is 5.17. The smallest absolute Gasteiger partial charge is 0.194 e. The lowest BCUT2D eigenvalue weighted by Gasteiger charge is -2.25. The zero-order valence-corrected chi connectivity index (χ0v) is 16.2. The summed E-state index contributed by atoms with van der Waals surface area (Å²) in [5, 5.41) is 1.18. The van der Waals surface area contributed by atoms with Gasteiger partial charge in [0.2, 0.25) is 0 Å². The summed E-state index contributed by atoms with van der Waals surface area (Å²) in [4.78, 5) is 26.1. The number of fused-ring (bicyclic) bond motifs is 4. The summed E-state index contributed by atoms with van der Waals surface area (Å²) in [5.74, 6) is 0.872. The molecule has 0 saturated carbocycles. The molecule has 2 aromatic rings. The molecule has 0 N–H and O–H groups in total. The number of carbonyl (C=O) groups excluding carboxylic acids is 2. The van der Waals surface area contributed by atoms with Crippen molar-refractivity contribution in [3.8, 4) is 16.9 Å². The first-order valence-electron chi connectivity index (χ1n) is 8.89. The molecule has 0 fully saturated rings. The van der Waals surface area contributed by atoms with Crippen LogP contribution in [-0.2, 0) is 6.42 Å². The first-order chi connectivity index (χ1) is 11.9. The highest BCUT2D eigenvalue weighted by Crippen LogP contribution is 2.46. The number of rotatable bonds is 3. The average molecular weight is 350 g/mol. The van der Waals surface area contributed by atoms with Gasteiger partial charge in [-0.2, -0.15) is 0 Å². The van der Waals surface area contributed by atoms with Gasteiger partial charge < -0.3 is 4.74 Å². The summed E-state index contributed by atoms with van der Waals surface area (Å²) in [7, 11) is -1.81. The SMILES string of the molecule is CCC(=O)c1c2c(c([Si](C)(C)C)c3c1-c1ccccc1C3=O)CCO2. The lowest BCUT2D eigenvalue weighted by molar-refractivity contribution is 0.0985. The van der Waals surface area contributed by atoms with Crippen LogP contribution in [0.1, 0.15) is 45.2 Å². The van der Waals surface area contributed by atoms with Crippen LogP contribution in [0.25, 0.3) is 11.1 Å². The van der Waals surface area contributed by atoms with E-state index < -0.39 is 8.07 Å². The molecule has 4 rings (SSSR count). The van der Waals surface area contributed by atoms with Gasteiger partial charge in [-0.1, -0.05) is 50.8 Å². The second-order valence-electron chi connectivity index (χ2n) is 7.81. The third kappa shape index (κ3) is 2.17. The van der Waals surface area contributed by atoms with Crippen molar-refractivity contribution in [1.82, 2.24) is 0 Å². The Balaban J connectivity index is 2.21. The molecule has 2 aromatic carbocycles. The van der Waals surface area contributed by atoms with Crippen molar-refractivity contribution in [2.24, 2.45) is 0 Å². The van der Waals surface area contributed by atoms with Crippen LogP contribution < -0.4 is 9.92 Å². The highest BCUT2D eigenvalue weighted by molar-refractivity contribution is 6.90. The molecule has 0 aromatic heterocycles. The Morgan fingerprint density at radius 1 is 1.12 bits per heavy atom. The van der Waals surface area contributed by atoms with Crippen LogP contribution in [0.2, 0.25) is 19.6 Å². The minimum absolute atomic E-state index is 0.0565. The maximum Gasteiger partial charge on any atom is 0.194 e. The van der Waals surface area contributed by atoms with Gasteiger partial charge in [0, 0.05) is 29.5 Å². The van der Waals surface area contributed by atoms with Crippen LogP contribution >= 0.6 is 0 Å². The first-order valence-corrected chi connectivity index (χ1v) is 12.4. The molecule has 3 nitrogen and oxygen atoms in total. The van der Waals surface area contributed by atoms with Crippen molar-refractivity contribution in [1.29, 1.82) is 0 Å². The fraction of sp³-hybridized carbons (Fsp3) is 0.333. The Kier molecular flexibility index (Phi) is 3.51. The summed E-state index contributed by atoms with van der Waals surface area (Å²) in [6.07, 6.45) is 1.20. The normalized spacial score (nSPS) is 14.8. The minimum atomic E-state index is -1.81. The van der Waals surface area contributed by atoms with Gasteiger partial charge in [-0.15, -0.1) is 0 Å². The molecule has 4 heteroatoms. The zero-order chi connectivity index (χ0) is 17.9. The van der Waals surface area contributed by atoms with E-state index in [2.05, 4.69) is 19.6 Å². The van der Waals surface area contributed by atoms with Crippen molar-refractivity contribution in [2.75, 3.05) is 6.61 Å². The maximum absolute atomic E-state index is 13.3. The summed E-state index contributed by atoms with van der Waals surface area (Å²) in [5.41, 5.74) is 4.94. The van der Waals surface area contributed by atoms with Crippen molar-refractivity contribution >= 4 is 24.8 Å². The molecule has 0 atom stereocenters. The Labute approximate surface area is 149 Å². The molecule has 25 heavy (non-hydrogen) atoms. The quantitative estimate of drug-likeness (QED) is 0.530. The predicted molar refractivity (Wildman–Crippen MR) is 102 cm³/mol. The van der Waals surface area contributed by atoms with Crippen molar-refractivity contribution in [3.05, 3.63) is 46.5 Å². The Morgan fingerprint density at radius 2 is 1.80 bits per heavy atom. The molecule has 128 valence electrons. The predicted octanol–water partition coefficient (Wildman–Crippen LogP) is 3.97. The lowest BCUT2D eigenvalue weighted by atomic mass is 9.91. The second kappa shape index (κ2) is 5.40. The van der Waals surface area contributed by atoms with Crippen LogP contribution in [0.15, 0.2) is 24.3 Å². The van der Waals surface area contributed by atoms with E-state index >= 15 is 0 Å². The fourth-order valence-corrected chi connectivity index (χ4v) is 6.36. The number of carbonyl (C=O) groups is 2. The molecule has 1 aliphatic heterocycles. The Hall–Kier alpha value is -2.20. The number of ketones is 2. The van der Waals surface area contributed by atoms with Crippen LogP contribution in [-0.4, -0.2) is 26.2 Å². The van der Waals surface area contributed by atoms with Gasteiger partial charge in [-0.25, -0.2) is 0 Å². The van der Waals surface area contributed by atoms with Crippen LogP contribution in [0.4, 0.5) is 0 Å². The highest BCUT2D eigenvalue weighted by atomic mass is 28.3. The topological polar surface area (TPSA) is 43.4 Å². The Morgan fingerprint density at radius 3 is 2.44 bits per heavy atom. The minimum Gasteiger partial charge on any atom is -0.492 e. The molecular weight excluding hydrogens is 328 g/mol. The number of Topliss-reactive ketones (excluding diaryl/α,β-unsaturated/α-hetero) is 1. The molecule has 2 aliphatic rings. The van der Waals surface area contributed by atoms with E-state index in [-0.39, 0.29) is 11.6 Å². The van der Waals surface area contributed by atoms with E-state index in [1.54, 1.807) is 0 Å². The van der Waals surface area contributed by atoms with E-state index in [4.69, 9.17) is 4.74 Å². The summed E-state index contributed by atoms with van der Waals surface area (Å²) in [6, 6.07) is 7.66. The van der Waals surface area contributed by atoms with Gasteiger partial charge in [0.15, 0.2) is 11.6 Å². The molecule has 0 spiro atoms.